The molecule has 0 saturated carbocycles. The Kier molecular flexibility index (Phi) is 10.3. The van der Waals surface area contributed by atoms with E-state index in [0.717, 1.165) is 22.6 Å². The molecule has 2 heterocycles. The Morgan fingerprint density at radius 1 is 0.914 bits per heavy atom. The molecule has 0 aliphatic rings. The summed E-state index contributed by atoms with van der Waals surface area (Å²) in [5.41, 5.74) is 0.693. The third-order valence-corrected chi connectivity index (χ3v) is 7.22. The Balaban J connectivity index is 1.75. The van der Waals surface area contributed by atoms with Crippen molar-refractivity contribution in [2.45, 2.75) is 57.8 Å². The zero-order valence-electron chi connectivity index (χ0n) is 19.7. The summed E-state index contributed by atoms with van der Waals surface area (Å²) in [5, 5.41) is 18.9. The van der Waals surface area contributed by atoms with Crippen LogP contribution in [0.3, 0.4) is 0 Å². The number of carbonyl (C=O) groups excluding carboxylic acids is 2. The highest BCUT2D eigenvalue weighted by Gasteiger charge is 2.28. The zero-order valence-corrected chi connectivity index (χ0v) is 21.3. The van der Waals surface area contributed by atoms with Crippen LogP contribution in [0.1, 0.15) is 54.0 Å². The van der Waals surface area contributed by atoms with Gasteiger partial charge in [0, 0.05) is 9.75 Å². The van der Waals surface area contributed by atoms with Crippen molar-refractivity contribution in [3.05, 3.63) is 80.7 Å². The summed E-state index contributed by atoms with van der Waals surface area (Å²) in [6, 6.07) is 14.9. The molecule has 3 N–H and O–H groups in total. The van der Waals surface area contributed by atoms with Crippen molar-refractivity contribution in [3.63, 3.8) is 0 Å². The van der Waals surface area contributed by atoms with Gasteiger partial charge in [0.1, 0.15) is 6.04 Å². The Bertz CT molecular complexity index is 1020. The number of hydrogen-bond acceptors (Lipinski definition) is 5. The molecule has 3 amide bonds. The van der Waals surface area contributed by atoms with E-state index in [4.69, 9.17) is 0 Å². The number of benzene rings is 1. The standard InChI is InChI=1S/C26H31N3O4S2/c1-2-3-13-22(27-26(33)28-23(16-24(30)31)19-9-5-4-6-10-19)25(32)29(17-20-11-7-14-34-20)18-21-12-8-15-35-21/h4-12,14-15,22-23H,2-3,13,16-18H2,1H3,(H,30,31)(H2,27,28,33)/t22-,23-/m0/s1. The topological polar surface area (TPSA) is 98.7 Å². The van der Waals surface area contributed by atoms with Crippen molar-refractivity contribution < 1.29 is 19.5 Å². The van der Waals surface area contributed by atoms with Crippen molar-refractivity contribution >= 4 is 40.6 Å². The molecule has 2 atom stereocenters. The van der Waals surface area contributed by atoms with Crippen molar-refractivity contribution in [1.29, 1.82) is 0 Å². The number of aliphatic carboxylic acids is 1. The average molecular weight is 514 g/mol. The second kappa shape index (κ2) is 13.7. The number of carboxylic acids is 1. The van der Waals surface area contributed by atoms with Crippen LogP contribution in [0.2, 0.25) is 0 Å². The summed E-state index contributed by atoms with van der Waals surface area (Å²) in [7, 11) is 0. The van der Waals surface area contributed by atoms with E-state index in [1.807, 2.05) is 48.0 Å². The van der Waals surface area contributed by atoms with Gasteiger partial charge in [-0.05, 0) is 34.9 Å². The first kappa shape index (κ1) is 26.4. The molecule has 0 aliphatic carbocycles. The van der Waals surface area contributed by atoms with E-state index < -0.39 is 24.1 Å². The second-order valence-corrected chi connectivity index (χ2v) is 10.3. The molecule has 35 heavy (non-hydrogen) atoms. The second-order valence-electron chi connectivity index (χ2n) is 8.23. The van der Waals surface area contributed by atoms with E-state index in [1.54, 1.807) is 51.8 Å². The highest BCUT2D eigenvalue weighted by molar-refractivity contribution is 7.10. The van der Waals surface area contributed by atoms with Crippen LogP contribution in [0.5, 0.6) is 0 Å². The fourth-order valence-corrected chi connectivity index (χ4v) is 5.19. The maximum Gasteiger partial charge on any atom is 0.315 e. The van der Waals surface area contributed by atoms with E-state index in [1.165, 1.54) is 0 Å². The highest BCUT2D eigenvalue weighted by Crippen LogP contribution is 2.20. The average Bonchev–Trinajstić information content (AvgIpc) is 3.55. The predicted octanol–water partition coefficient (Wildman–Crippen LogP) is 5.41. The molecule has 0 saturated heterocycles. The van der Waals surface area contributed by atoms with Crippen molar-refractivity contribution in [2.24, 2.45) is 0 Å². The molecule has 9 heteroatoms. The van der Waals surface area contributed by atoms with Crippen molar-refractivity contribution in [3.8, 4) is 0 Å². The molecule has 186 valence electrons. The fraction of sp³-hybridized carbons (Fsp3) is 0.346. The van der Waals surface area contributed by atoms with Gasteiger partial charge in [0.05, 0.1) is 25.6 Å². The number of carbonyl (C=O) groups is 3. The highest BCUT2D eigenvalue weighted by atomic mass is 32.1. The summed E-state index contributed by atoms with van der Waals surface area (Å²) in [5.74, 6) is -1.17. The van der Waals surface area contributed by atoms with Crippen LogP contribution in [0.25, 0.3) is 0 Å². The van der Waals surface area contributed by atoms with Gasteiger partial charge in [-0.2, -0.15) is 0 Å². The quantitative estimate of drug-likeness (QED) is 0.284. The number of nitrogens with zero attached hydrogens (tertiary/aromatic N) is 1. The summed E-state index contributed by atoms with van der Waals surface area (Å²) in [6.07, 6.45) is 1.91. The minimum absolute atomic E-state index is 0.148. The van der Waals surface area contributed by atoms with Gasteiger partial charge in [-0.3, -0.25) is 9.59 Å². The van der Waals surface area contributed by atoms with Gasteiger partial charge in [-0.25, -0.2) is 4.79 Å². The third kappa shape index (κ3) is 8.52. The molecule has 0 radical (unpaired) electrons. The summed E-state index contributed by atoms with van der Waals surface area (Å²) >= 11 is 3.18. The number of unbranched alkanes of at least 4 members (excludes halogenated alkanes) is 1. The van der Waals surface area contributed by atoms with Gasteiger partial charge in [-0.1, -0.05) is 62.2 Å². The minimum Gasteiger partial charge on any atom is -0.481 e. The van der Waals surface area contributed by atoms with Crippen LogP contribution < -0.4 is 10.6 Å². The molecule has 3 rings (SSSR count). The smallest absolute Gasteiger partial charge is 0.315 e. The van der Waals surface area contributed by atoms with Crippen LogP contribution in [-0.4, -0.2) is 34.0 Å². The molecule has 0 bridgehead atoms. The Morgan fingerprint density at radius 2 is 1.54 bits per heavy atom. The Labute approximate surface area is 213 Å². The minimum atomic E-state index is -1.02. The third-order valence-electron chi connectivity index (χ3n) is 5.50. The molecule has 2 aromatic heterocycles. The number of nitrogens with one attached hydrogen (secondary N) is 2. The molecule has 0 aliphatic heterocycles. The molecular formula is C26H31N3O4S2. The van der Waals surface area contributed by atoms with Gasteiger partial charge in [-0.15, -0.1) is 22.7 Å². The molecule has 7 nitrogen and oxygen atoms in total. The molecule has 3 aromatic rings. The molecule has 0 fully saturated rings. The summed E-state index contributed by atoms with van der Waals surface area (Å²) in [6.45, 7) is 2.97. The lowest BCUT2D eigenvalue weighted by Gasteiger charge is -2.28. The Hall–Kier alpha value is -3.17. The number of hydrogen-bond donors (Lipinski definition) is 3. The van der Waals surface area contributed by atoms with E-state index >= 15 is 0 Å². The lowest BCUT2D eigenvalue weighted by molar-refractivity contribution is -0.137. The number of amides is 3. The maximum absolute atomic E-state index is 13.7. The largest absolute Gasteiger partial charge is 0.481 e. The summed E-state index contributed by atoms with van der Waals surface area (Å²) < 4.78 is 0. The molecule has 0 spiro atoms. The van der Waals surface area contributed by atoms with Gasteiger partial charge >= 0.3 is 12.0 Å². The molecule has 0 unspecified atom stereocenters. The SMILES string of the molecule is CCCC[C@H](NC(=O)N[C@@H](CC(=O)O)c1ccccc1)C(=O)N(Cc1cccs1)Cc1cccs1. The first-order valence-electron chi connectivity index (χ1n) is 11.6. The lowest BCUT2D eigenvalue weighted by Crippen LogP contribution is -2.51. The fourth-order valence-electron chi connectivity index (χ4n) is 3.75. The zero-order chi connectivity index (χ0) is 25.0. The van der Waals surface area contributed by atoms with E-state index in [9.17, 15) is 19.5 Å². The first-order chi connectivity index (χ1) is 17.0. The lowest BCUT2D eigenvalue weighted by atomic mass is 10.0. The monoisotopic (exact) mass is 513 g/mol. The van der Waals surface area contributed by atoms with Crippen LogP contribution in [0.4, 0.5) is 4.79 Å². The number of rotatable bonds is 13. The summed E-state index contributed by atoms with van der Waals surface area (Å²) in [4.78, 5) is 41.9. The van der Waals surface area contributed by atoms with Crippen LogP contribution in [0.15, 0.2) is 65.4 Å². The number of carboxylic acid groups (broad SMARTS) is 1. The van der Waals surface area contributed by atoms with Crippen LogP contribution in [0, 0.1) is 0 Å². The van der Waals surface area contributed by atoms with Crippen LogP contribution in [-0.2, 0) is 22.7 Å². The Morgan fingerprint density at radius 3 is 2.06 bits per heavy atom. The number of urea groups is 1. The maximum atomic E-state index is 13.7. The van der Waals surface area contributed by atoms with Gasteiger partial charge in [0.2, 0.25) is 5.91 Å². The van der Waals surface area contributed by atoms with Gasteiger partial charge in [0.15, 0.2) is 0 Å². The molecular weight excluding hydrogens is 482 g/mol. The van der Waals surface area contributed by atoms with E-state index in [0.29, 0.717) is 25.1 Å². The normalized spacial score (nSPS) is 12.5. The molecule has 1 aromatic carbocycles. The van der Waals surface area contributed by atoms with E-state index in [-0.39, 0.29) is 12.3 Å². The predicted molar refractivity (Wildman–Crippen MR) is 139 cm³/mol. The first-order valence-corrected chi connectivity index (χ1v) is 13.4. The number of thiophene rings is 2. The van der Waals surface area contributed by atoms with Gasteiger partial charge < -0.3 is 20.6 Å². The van der Waals surface area contributed by atoms with Crippen LogP contribution >= 0.6 is 22.7 Å². The van der Waals surface area contributed by atoms with Crippen molar-refractivity contribution in [1.82, 2.24) is 15.5 Å². The van der Waals surface area contributed by atoms with E-state index in [2.05, 4.69) is 10.6 Å². The van der Waals surface area contributed by atoms with Gasteiger partial charge in [0.25, 0.3) is 0 Å². The van der Waals surface area contributed by atoms with Crippen molar-refractivity contribution in [2.75, 3.05) is 0 Å².